The summed E-state index contributed by atoms with van der Waals surface area (Å²) in [6.45, 7) is 3.64. The average molecular weight is 573 g/mol. The second-order valence-corrected chi connectivity index (χ2v) is 7.61. The van der Waals surface area contributed by atoms with Gasteiger partial charge in [0.2, 0.25) is 0 Å². The summed E-state index contributed by atoms with van der Waals surface area (Å²) in [5.74, 6) is -0.899. The molecular weight excluding hydrogens is 556 g/mol. The highest BCUT2D eigenvalue weighted by atomic mass is 127. The van der Waals surface area contributed by atoms with Crippen molar-refractivity contribution < 1.29 is 32.2 Å². The van der Waals surface area contributed by atoms with E-state index < -0.39 is 18.1 Å². The van der Waals surface area contributed by atoms with Gasteiger partial charge >= 0.3 is 12.3 Å². The van der Waals surface area contributed by atoms with Gasteiger partial charge in [-0.1, -0.05) is 31.5 Å². The van der Waals surface area contributed by atoms with Crippen molar-refractivity contribution in [1.82, 2.24) is 0 Å². The maximum Gasteiger partial charge on any atom is 0.573 e. The van der Waals surface area contributed by atoms with Crippen molar-refractivity contribution in [3.63, 3.8) is 0 Å². The fraction of sp³-hybridized carbons (Fsp3) is 0.316. The average Bonchev–Trinajstić information content (AvgIpc) is 2.63. The third-order valence-corrected chi connectivity index (χ3v) is 6.18. The summed E-state index contributed by atoms with van der Waals surface area (Å²) in [7, 11) is 0. The first kappa shape index (κ1) is 22.8. The van der Waals surface area contributed by atoms with E-state index in [2.05, 4.69) is 20.7 Å². The van der Waals surface area contributed by atoms with Crippen molar-refractivity contribution in [2.24, 2.45) is 0 Å². The van der Waals surface area contributed by atoms with E-state index in [0.29, 0.717) is 10.2 Å². The predicted octanol–water partition coefficient (Wildman–Crippen LogP) is 6.66. The molecule has 152 valence electrons. The van der Waals surface area contributed by atoms with Crippen LogP contribution in [0, 0.1) is 10.5 Å². The van der Waals surface area contributed by atoms with E-state index in [4.69, 9.17) is 9.47 Å². The summed E-state index contributed by atoms with van der Waals surface area (Å²) >= 11 is 4.94. The number of benzene rings is 2. The van der Waals surface area contributed by atoms with Gasteiger partial charge in [0.1, 0.15) is 22.8 Å². The molecule has 0 aliphatic heterocycles. The van der Waals surface area contributed by atoms with Gasteiger partial charge < -0.3 is 14.2 Å². The lowest BCUT2D eigenvalue weighted by Crippen LogP contribution is -2.21. The van der Waals surface area contributed by atoms with E-state index in [1.807, 2.05) is 29.5 Å². The molecule has 0 saturated carbocycles. The number of para-hydroxylation sites is 1. The van der Waals surface area contributed by atoms with Crippen LogP contribution in [0.4, 0.5) is 13.2 Å². The van der Waals surface area contributed by atoms with Crippen LogP contribution in [0.3, 0.4) is 0 Å². The highest BCUT2D eigenvalue weighted by Gasteiger charge is 2.36. The van der Waals surface area contributed by atoms with Crippen molar-refractivity contribution in [3.05, 3.63) is 49.5 Å². The van der Waals surface area contributed by atoms with E-state index >= 15 is 0 Å². The number of unbranched alkanes of at least 4 members (excludes halogenated alkanes) is 1. The highest BCUT2D eigenvalue weighted by Crippen LogP contribution is 2.44. The molecule has 4 nitrogen and oxygen atoms in total. The Balaban J connectivity index is 2.55. The molecule has 0 aromatic heterocycles. The summed E-state index contributed by atoms with van der Waals surface area (Å²) in [6.07, 6.45) is -3.34. The van der Waals surface area contributed by atoms with Gasteiger partial charge in [0.05, 0.1) is 14.6 Å². The number of carbonyl (C=O) groups is 1. The third-order valence-electron chi connectivity index (χ3n) is 3.65. The summed E-state index contributed by atoms with van der Waals surface area (Å²) in [6, 6.07) is 8.25. The van der Waals surface area contributed by atoms with Gasteiger partial charge in [-0.05, 0) is 64.0 Å². The molecule has 0 fully saturated rings. The lowest BCUT2D eigenvalue weighted by Gasteiger charge is -2.21. The summed E-state index contributed by atoms with van der Waals surface area (Å²) in [5, 5.41) is 0. The fourth-order valence-corrected chi connectivity index (χ4v) is 3.57. The normalized spacial score (nSPS) is 11.2. The Kier molecular flexibility index (Phi) is 7.99. The molecule has 0 spiro atoms. The van der Waals surface area contributed by atoms with Crippen molar-refractivity contribution in [2.75, 3.05) is 6.61 Å². The number of rotatable bonds is 7. The Morgan fingerprint density at radius 2 is 1.82 bits per heavy atom. The molecule has 28 heavy (non-hydrogen) atoms. The Labute approximate surface area is 182 Å². The molecule has 2 aromatic carbocycles. The fourth-order valence-electron chi connectivity index (χ4n) is 2.34. The molecule has 0 heterocycles. The zero-order chi connectivity index (χ0) is 20.9. The molecule has 0 N–H and O–H groups in total. The second-order valence-electron chi connectivity index (χ2n) is 5.74. The maximum absolute atomic E-state index is 12.9. The van der Waals surface area contributed by atoms with Gasteiger partial charge in [0, 0.05) is 5.56 Å². The van der Waals surface area contributed by atoms with E-state index in [1.165, 1.54) is 6.92 Å². The summed E-state index contributed by atoms with van der Waals surface area (Å²) < 4.78 is 54.2. The van der Waals surface area contributed by atoms with Crippen LogP contribution in [0.25, 0.3) is 0 Å². The van der Waals surface area contributed by atoms with Crippen molar-refractivity contribution in [1.29, 1.82) is 0 Å². The molecule has 0 aliphatic rings. The number of esters is 1. The summed E-state index contributed by atoms with van der Waals surface area (Å²) in [5.41, 5.74) is -0.135. The van der Waals surface area contributed by atoms with E-state index in [9.17, 15) is 18.0 Å². The van der Waals surface area contributed by atoms with E-state index in [0.717, 1.165) is 12.8 Å². The van der Waals surface area contributed by atoms with E-state index in [-0.39, 0.29) is 27.1 Å². The topological polar surface area (TPSA) is 44.8 Å². The van der Waals surface area contributed by atoms with Crippen molar-refractivity contribution in [2.45, 2.75) is 33.1 Å². The van der Waals surface area contributed by atoms with Gasteiger partial charge in [-0.3, -0.25) is 0 Å². The molecule has 0 aliphatic carbocycles. The van der Waals surface area contributed by atoms with Crippen LogP contribution < -0.4 is 14.2 Å². The molecule has 0 radical (unpaired) electrons. The maximum atomic E-state index is 12.9. The highest BCUT2D eigenvalue weighted by molar-refractivity contribution is 14.1. The van der Waals surface area contributed by atoms with Crippen LogP contribution in [0.2, 0.25) is 0 Å². The molecule has 9 heteroatoms. The lowest BCUT2D eigenvalue weighted by molar-refractivity contribution is -0.275. The molecular formula is C19H17BrF3IO4. The van der Waals surface area contributed by atoms with Gasteiger partial charge in [0.25, 0.3) is 0 Å². The summed E-state index contributed by atoms with van der Waals surface area (Å²) in [4.78, 5) is 12.8. The van der Waals surface area contributed by atoms with Crippen LogP contribution in [0.1, 0.15) is 35.7 Å². The minimum atomic E-state index is -4.92. The van der Waals surface area contributed by atoms with E-state index in [1.54, 1.807) is 30.3 Å². The smallest absolute Gasteiger partial charge is 0.492 e. The Morgan fingerprint density at radius 1 is 1.18 bits per heavy atom. The molecule has 0 atom stereocenters. The minimum absolute atomic E-state index is 0.0305. The van der Waals surface area contributed by atoms with Gasteiger partial charge in [-0.15, -0.1) is 13.2 Å². The van der Waals surface area contributed by atoms with Crippen LogP contribution in [0.5, 0.6) is 17.2 Å². The van der Waals surface area contributed by atoms with Gasteiger partial charge in [0.15, 0.2) is 0 Å². The number of halogens is 5. The monoisotopic (exact) mass is 572 g/mol. The van der Waals surface area contributed by atoms with Crippen LogP contribution in [-0.4, -0.2) is 18.9 Å². The van der Waals surface area contributed by atoms with Gasteiger partial charge in [-0.2, -0.15) is 0 Å². The number of ether oxygens (including phenoxy) is 3. The molecule has 0 bridgehead atoms. The number of carbonyl (C=O) groups excluding carboxylic acids is 1. The molecule has 2 aromatic rings. The Bertz CT molecular complexity index is 842. The SMILES string of the molecule is CCCCOc1c(I)c(Br)c(OC(F)(F)F)c(C)c1C(=O)Oc1ccccc1. The zero-order valence-electron chi connectivity index (χ0n) is 15.0. The number of hydrogen-bond acceptors (Lipinski definition) is 4. The lowest BCUT2D eigenvalue weighted by atomic mass is 10.1. The first-order valence-electron chi connectivity index (χ1n) is 8.33. The first-order valence-corrected chi connectivity index (χ1v) is 10.2. The predicted molar refractivity (Wildman–Crippen MR) is 110 cm³/mol. The standard InChI is InChI=1S/C19H17BrF3IO4/c1-3-4-10-26-17-13(18(25)27-12-8-6-5-7-9-12)11(2)16(14(20)15(17)24)28-19(21,22)23/h5-9H,3-4,10H2,1-2H3. The largest absolute Gasteiger partial charge is 0.573 e. The van der Waals surface area contributed by atoms with Crippen LogP contribution in [0.15, 0.2) is 34.8 Å². The quantitative estimate of drug-likeness (QED) is 0.161. The van der Waals surface area contributed by atoms with Crippen LogP contribution >= 0.6 is 38.5 Å². The zero-order valence-corrected chi connectivity index (χ0v) is 18.8. The number of hydrogen-bond donors (Lipinski definition) is 0. The minimum Gasteiger partial charge on any atom is -0.492 e. The second kappa shape index (κ2) is 9.82. The first-order chi connectivity index (χ1) is 13.2. The van der Waals surface area contributed by atoms with Gasteiger partial charge in [-0.25, -0.2) is 4.79 Å². The Hall–Kier alpha value is -1.49. The van der Waals surface area contributed by atoms with Crippen molar-refractivity contribution in [3.8, 4) is 17.2 Å². The molecule has 0 unspecified atom stereocenters. The third kappa shape index (κ3) is 5.76. The molecule has 2 rings (SSSR count). The van der Waals surface area contributed by atoms with Crippen LogP contribution in [-0.2, 0) is 0 Å². The molecule has 0 amide bonds. The molecule has 0 saturated heterocycles. The van der Waals surface area contributed by atoms with Crippen molar-refractivity contribution >= 4 is 44.5 Å². The number of alkyl halides is 3. The Morgan fingerprint density at radius 3 is 2.39 bits per heavy atom.